The predicted octanol–water partition coefficient (Wildman–Crippen LogP) is -0.0221. The summed E-state index contributed by atoms with van der Waals surface area (Å²) in [6.07, 6.45) is 4.28. The van der Waals surface area contributed by atoms with Gasteiger partial charge in [0.2, 0.25) is 5.91 Å². The average molecular weight is 281 g/mol. The lowest BCUT2D eigenvalue weighted by Gasteiger charge is -2.22. The zero-order valence-corrected chi connectivity index (χ0v) is 11.7. The van der Waals surface area contributed by atoms with E-state index in [0.717, 1.165) is 6.42 Å². The van der Waals surface area contributed by atoms with Crippen LogP contribution in [0.25, 0.3) is 0 Å². The van der Waals surface area contributed by atoms with Gasteiger partial charge in [-0.15, -0.1) is 0 Å². The molecule has 0 aromatic heterocycles. The van der Waals surface area contributed by atoms with Crippen LogP contribution in [0.5, 0.6) is 0 Å². The van der Waals surface area contributed by atoms with E-state index < -0.39 is 17.4 Å². The minimum atomic E-state index is -0.631. The first-order valence-corrected chi connectivity index (χ1v) is 6.86. The molecular weight excluding hydrogens is 262 g/mol. The number of esters is 1. The molecule has 3 heterocycles. The van der Waals surface area contributed by atoms with Gasteiger partial charge in [-0.25, -0.2) is 0 Å². The summed E-state index contributed by atoms with van der Waals surface area (Å²) in [5.74, 6) is -1.32. The van der Waals surface area contributed by atoms with Gasteiger partial charge >= 0.3 is 5.97 Å². The zero-order chi connectivity index (χ0) is 14.3. The van der Waals surface area contributed by atoms with Crippen molar-refractivity contribution in [3.8, 4) is 0 Å². The molecule has 0 aliphatic carbocycles. The van der Waals surface area contributed by atoms with Gasteiger partial charge in [0.25, 0.3) is 0 Å². The summed E-state index contributed by atoms with van der Waals surface area (Å²) in [6.45, 7) is 1.75. The Bertz CT molecular complexity index is 462. The van der Waals surface area contributed by atoms with Crippen molar-refractivity contribution in [2.75, 3.05) is 33.9 Å². The van der Waals surface area contributed by atoms with Crippen LogP contribution in [-0.4, -0.2) is 62.4 Å². The largest absolute Gasteiger partial charge is 0.469 e. The van der Waals surface area contributed by atoms with Crippen molar-refractivity contribution in [1.29, 1.82) is 0 Å². The number of carbonyl (C=O) groups excluding carboxylic acids is 2. The van der Waals surface area contributed by atoms with Crippen molar-refractivity contribution in [3.05, 3.63) is 12.2 Å². The molecule has 0 saturated carbocycles. The van der Waals surface area contributed by atoms with Gasteiger partial charge in [-0.2, -0.15) is 0 Å². The van der Waals surface area contributed by atoms with Gasteiger partial charge in [-0.05, 0) is 6.42 Å². The fourth-order valence-corrected chi connectivity index (χ4v) is 3.57. The molecule has 2 bridgehead atoms. The highest BCUT2D eigenvalue weighted by molar-refractivity contribution is 5.91. The van der Waals surface area contributed by atoms with Gasteiger partial charge in [0, 0.05) is 20.3 Å². The normalized spacial score (nSPS) is 37.6. The summed E-state index contributed by atoms with van der Waals surface area (Å²) < 4.78 is 15.8. The molecule has 3 rings (SSSR count). The molecule has 6 nitrogen and oxygen atoms in total. The summed E-state index contributed by atoms with van der Waals surface area (Å²) in [5, 5.41) is 0. The molecule has 3 aliphatic heterocycles. The predicted molar refractivity (Wildman–Crippen MR) is 68.8 cm³/mol. The summed E-state index contributed by atoms with van der Waals surface area (Å²) in [4.78, 5) is 26.3. The van der Waals surface area contributed by atoms with Crippen LogP contribution in [0, 0.1) is 11.8 Å². The monoisotopic (exact) mass is 281 g/mol. The van der Waals surface area contributed by atoms with E-state index in [1.807, 2.05) is 12.2 Å². The van der Waals surface area contributed by atoms with E-state index in [1.165, 1.54) is 7.11 Å². The maximum atomic E-state index is 12.6. The second-order valence-electron chi connectivity index (χ2n) is 5.53. The van der Waals surface area contributed by atoms with Gasteiger partial charge in [-0.3, -0.25) is 9.59 Å². The number of methoxy groups -OCH3 is 2. The first-order valence-electron chi connectivity index (χ1n) is 6.86. The fourth-order valence-electron chi connectivity index (χ4n) is 3.57. The molecular formula is C14H19NO5. The standard InChI is InChI=1S/C14H19NO5/c1-18-7-3-6-15-8-14-5-4-9(20-14)10(13(17)19-2)11(14)12(15)16/h4-5,9-11H,3,6-8H2,1-2H3/t9-,10-,11+,14-/m0/s1. The lowest BCUT2D eigenvalue weighted by Crippen LogP contribution is -2.39. The number of hydrogen-bond donors (Lipinski definition) is 0. The minimum Gasteiger partial charge on any atom is -0.469 e. The van der Waals surface area contributed by atoms with Crippen molar-refractivity contribution in [3.63, 3.8) is 0 Å². The van der Waals surface area contributed by atoms with E-state index in [1.54, 1.807) is 12.0 Å². The van der Waals surface area contributed by atoms with Crippen LogP contribution in [-0.2, 0) is 23.8 Å². The number of fused-ring (bicyclic) bond motifs is 1. The molecule has 1 spiro atoms. The number of nitrogens with zero attached hydrogens (tertiary/aromatic N) is 1. The van der Waals surface area contributed by atoms with Crippen molar-refractivity contribution >= 4 is 11.9 Å². The number of amides is 1. The molecule has 2 saturated heterocycles. The van der Waals surface area contributed by atoms with Crippen LogP contribution in [0.1, 0.15) is 6.42 Å². The summed E-state index contributed by atoms with van der Waals surface area (Å²) in [7, 11) is 2.99. The molecule has 0 N–H and O–H groups in total. The Morgan fingerprint density at radius 3 is 3.05 bits per heavy atom. The summed E-state index contributed by atoms with van der Waals surface area (Å²) in [5.41, 5.74) is -0.631. The first kappa shape index (κ1) is 13.6. The lowest BCUT2D eigenvalue weighted by molar-refractivity contribution is -0.151. The third-order valence-corrected chi connectivity index (χ3v) is 4.43. The topological polar surface area (TPSA) is 65.1 Å². The average Bonchev–Trinajstić information content (AvgIpc) is 3.07. The van der Waals surface area contributed by atoms with Gasteiger partial charge < -0.3 is 19.1 Å². The second kappa shape index (κ2) is 4.86. The quantitative estimate of drug-likeness (QED) is 0.402. The van der Waals surface area contributed by atoms with Crippen LogP contribution in [0.2, 0.25) is 0 Å². The zero-order valence-electron chi connectivity index (χ0n) is 11.7. The Labute approximate surface area is 117 Å². The molecule has 3 aliphatic rings. The number of ether oxygens (including phenoxy) is 3. The van der Waals surface area contributed by atoms with E-state index in [0.29, 0.717) is 19.7 Å². The highest BCUT2D eigenvalue weighted by atomic mass is 16.5. The number of likely N-dealkylation sites (tertiary alicyclic amines) is 1. The van der Waals surface area contributed by atoms with Crippen LogP contribution in [0.15, 0.2) is 12.2 Å². The van der Waals surface area contributed by atoms with Crippen LogP contribution in [0.4, 0.5) is 0 Å². The van der Waals surface area contributed by atoms with Crippen LogP contribution in [0.3, 0.4) is 0 Å². The Balaban J connectivity index is 1.79. The Hall–Kier alpha value is -1.40. The number of rotatable bonds is 5. The summed E-state index contributed by atoms with van der Waals surface area (Å²) in [6, 6.07) is 0. The molecule has 0 radical (unpaired) electrons. The van der Waals surface area contributed by atoms with E-state index in [-0.39, 0.29) is 18.0 Å². The Morgan fingerprint density at radius 2 is 2.35 bits per heavy atom. The smallest absolute Gasteiger partial charge is 0.312 e. The minimum absolute atomic E-state index is 0.0108. The van der Waals surface area contributed by atoms with Gasteiger partial charge in [0.1, 0.15) is 11.5 Å². The van der Waals surface area contributed by atoms with Gasteiger partial charge in [0.05, 0.1) is 25.7 Å². The molecule has 6 heteroatoms. The molecule has 4 atom stereocenters. The Morgan fingerprint density at radius 1 is 1.55 bits per heavy atom. The van der Waals surface area contributed by atoms with E-state index in [2.05, 4.69) is 0 Å². The molecule has 0 unspecified atom stereocenters. The van der Waals surface area contributed by atoms with Gasteiger partial charge in [0.15, 0.2) is 0 Å². The second-order valence-corrected chi connectivity index (χ2v) is 5.53. The molecule has 2 fully saturated rings. The summed E-state index contributed by atoms with van der Waals surface area (Å²) >= 11 is 0. The Kier molecular flexibility index (Phi) is 3.30. The van der Waals surface area contributed by atoms with E-state index >= 15 is 0 Å². The van der Waals surface area contributed by atoms with Gasteiger partial charge in [-0.1, -0.05) is 12.2 Å². The number of carbonyl (C=O) groups is 2. The van der Waals surface area contributed by atoms with Crippen LogP contribution < -0.4 is 0 Å². The highest BCUT2D eigenvalue weighted by Gasteiger charge is 2.67. The molecule has 0 aromatic carbocycles. The third kappa shape index (κ3) is 1.78. The maximum absolute atomic E-state index is 12.6. The van der Waals surface area contributed by atoms with E-state index in [9.17, 15) is 9.59 Å². The highest BCUT2D eigenvalue weighted by Crippen LogP contribution is 2.52. The SMILES string of the molecule is COCCCN1C[C@]23C=C[C@H](O2)[C@H](C(=O)OC)[C@@H]3C1=O. The molecule has 0 aromatic rings. The molecule has 1 amide bonds. The first-order chi connectivity index (χ1) is 9.63. The third-order valence-electron chi connectivity index (χ3n) is 4.43. The van der Waals surface area contributed by atoms with E-state index in [4.69, 9.17) is 14.2 Å². The van der Waals surface area contributed by atoms with Crippen LogP contribution >= 0.6 is 0 Å². The van der Waals surface area contributed by atoms with Crippen molar-refractivity contribution in [2.45, 2.75) is 18.1 Å². The van der Waals surface area contributed by atoms with Crippen molar-refractivity contribution < 1.29 is 23.8 Å². The van der Waals surface area contributed by atoms with Crippen molar-refractivity contribution in [1.82, 2.24) is 4.90 Å². The molecule has 110 valence electrons. The molecule has 20 heavy (non-hydrogen) atoms. The maximum Gasteiger partial charge on any atom is 0.312 e. The number of hydrogen-bond acceptors (Lipinski definition) is 5. The lowest BCUT2D eigenvalue weighted by atomic mass is 9.77. The van der Waals surface area contributed by atoms with Crippen molar-refractivity contribution in [2.24, 2.45) is 11.8 Å². The fraction of sp³-hybridized carbons (Fsp3) is 0.714.